The van der Waals surface area contributed by atoms with Gasteiger partial charge in [-0.25, -0.2) is 4.98 Å². The fourth-order valence-corrected chi connectivity index (χ4v) is 1.29. The molecule has 2 rings (SSSR count). The van der Waals surface area contributed by atoms with Crippen molar-refractivity contribution in [3.05, 3.63) is 48.8 Å². The zero-order valence-electron chi connectivity index (χ0n) is 8.71. The number of hydrogen-bond acceptors (Lipinski definition) is 3. The van der Waals surface area contributed by atoms with Crippen molar-refractivity contribution < 1.29 is 4.79 Å². The van der Waals surface area contributed by atoms with E-state index in [1.54, 1.807) is 29.5 Å². The van der Waals surface area contributed by atoms with Gasteiger partial charge in [0.05, 0.1) is 18.6 Å². The average molecular weight is 216 g/mol. The summed E-state index contributed by atoms with van der Waals surface area (Å²) >= 11 is 0. The summed E-state index contributed by atoms with van der Waals surface area (Å²) in [7, 11) is 0. The van der Waals surface area contributed by atoms with Crippen LogP contribution in [0.1, 0.15) is 5.69 Å². The predicted molar refractivity (Wildman–Crippen MR) is 58.3 cm³/mol. The molecule has 1 N–H and O–H groups in total. The molecule has 0 aliphatic carbocycles. The number of carbonyl (C=O) groups is 1. The van der Waals surface area contributed by atoms with Crippen LogP contribution in [0.4, 0.5) is 0 Å². The third-order valence-corrected chi connectivity index (χ3v) is 2.08. The summed E-state index contributed by atoms with van der Waals surface area (Å²) in [5.41, 5.74) is 0.849. The summed E-state index contributed by atoms with van der Waals surface area (Å²) in [5, 5.41) is 2.79. The van der Waals surface area contributed by atoms with Gasteiger partial charge in [-0.3, -0.25) is 9.78 Å². The molecule has 0 radical (unpaired) electrons. The van der Waals surface area contributed by atoms with Gasteiger partial charge in [0, 0.05) is 18.6 Å². The van der Waals surface area contributed by atoms with Crippen LogP contribution in [0.2, 0.25) is 0 Å². The Morgan fingerprint density at radius 1 is 1.38 bits per heavy atom. The molecule has 0 aliphatic rings. The number of hydrogen-bond donors (Lipinski definition) is 1. The highest BCUT2D eigenvalue weighted by molar-refractivity contribution is 5.75. The summed E-state index contributed by atoms with van der Waals surface area (Å²) in [6, 6.07) is 5.61. The minimum Gasteiger partial charge on any atom is -0.349 e. The maximum Gasteiger partial charge on any atom is 0.240 e. The van der Waals surface area contributed by atoms with Crippen molar-refractivity contribution >= 4 is 5.91 Å². The normalized spacial score (nSPS) is 10.0. The second kappa shape index (κ2) is 5.06. The Labute approximate surface area is 93.2 Å². The molecule has 0 saturated carbocycles. The van der Waals surface area contributed by atoms with Crippen LogP contribution >= 0.6 is 0 Å². The molecule has 5 nitrogen and oxygen atoms in total. The van der Waals surface area contributed by atoms with Crippen molar-refractivity contribution in [3.8, 4) is 0 Å². The van der Waals surface area contributed by atoms with Gasteiger partial charge in [0.2, 0.25) is 5.91 Å². The molecule has 0 fully saturated rings. The third kappa shape index (κ3) is 2.91. The van der Waals surface area contributed by atoms with Gasteiger partial charge in [-0.1, -0.05) is 6.07 Å². The number of amides is 1. The van der Waals surface area contributed by atoms with Gasteiger partial charge in [0.25, 0.3) is 0 Å². The minimum absolute atomic E-state index is 0.0522. The van der Waals surface area contributed by atoms with Crippen LogP contribution in [-0.2, 0) is 17.9 Å². The maximum atomic E-state index is 11.5. The van der Waals surface area contributed by atoms with E-state index >= 15 is 0 Å². The molecule has 2 aromatic heterocycles. The highest BCUT2D eigenvalue weighted by Crippen LogP contribution is 1.92. The number of rotatable bonds is 4. The Kier molecular flexibility index (Phi) is 3.28. The molecule has 0 aliphatic heterocycles. The number of carbonyl (C=O) groups excluding carboxylic acids is 1. The van der Waals surface area contributed by atoms with Crippen molar-refractivity contribution in [2.45, 2.75) is 13.1 Å². The first-order valence-electron chi connectivity index (χ1n) is 4.97. The Morgan fingerprint density at radius 2 is 2.31 bits per heavy atom. The van der Waals surface area contributed by atoms with Crippen LogP contribution in [0, 0.1) is 0 Å². The largest absolute Gasteiger partial charge is 0.349 e. The first-order chi connectivity index (χ1) is 7.84. The van der Waals surface area contributed by atoms with E-state index in [0.717, 1.165) is 5.69 Å². The summed E-state index contributed by atoms with van der Waals surface area (Å²) in [5.74, 6) is -0.0522. The smallest absolute Gasteiger partial charge is 0.240 e. The quantitative estimate of drug-likeness (QED) is 0.814. The second-order valence-electron chi connectivity index (χ2n) is 3.33. The zero-order valence-corrected chi connectivity index (χ0v) is 8.71. The van der Waals surface area contributed by atoms with E-state index in [9.17, 15) is 4.79 Å². The Morgan fingerprint density at radius 3 is 3.00 bits per heavy atom. The second-order valence-corrected chi connectivity index (χ2v) is 3.33. The highest BCUT2D eigenvalue weighted by atomic mass is 16.1. The van der Waals surface area contributed by atoms with Gasteiger partial charge in [-0.05, 0) is 12.1 Å². The van der Waals surface area contributed by atoms with Gasteiger partial charge in [-0.2, -0.15) is 0 Å². The zero-order chi connectivity index (χ0) is 11.2. The van der Waals surface area contributed by atoms with Crippen LogP contribution in [0.15, 0.2) is 43.1 Å². The molecule has 0 atom stereocenters. The van der Waals surface area contributed by atoms with E-state index in [1.165, 1.54) is 0 Å². The number of aromatic nitrogens is 3. The lowest BCUT2D eigenvalue weighted by Gasteiger charge is -2.04. The molecule has 82 valence electrons. The molecule has 0 spiro atoms. The molecule has 1 amide bonds. The van der Waals surface area contributed by atoms with Crippen LogP contribution in [-0.4, -0.2) is 20.4 Å². The highest BCUT2D eigenvalue weighted by Gasteiger charge is 2.01. The Bertz CT molecular complexity index is 438. The average Bonchev–Trinajstić information content (AvgIpc) is 2.81. The predicted octanol–water partition coefficient (Wildman–Crippen LogP) is 0.594. The van der Waals surface area contributed by atoms with Gasteiger partial charge >= 0.3 is 0 Å². The molecule has 0 bridgehead atoms. The van der Waals surface area contributed by atoms with E-state index in [2.05, 4.69) is 15.3 Å². The Hall–Kier alpha value is -2.17. The monoisotopic (exact) mass is 216 g/mol. The molecular formula is C11H12N4O. The van der Waals surface area contributed by atoms with Crippen molar-refractivity contribution in [1.29, 1.82) is 0 Å². The van der Waals surface area contributed by atoms with Crippen molar-refractivity contribution in [3.63, 3.8) is 0 Å². The first-order valence-corrected chi connectivity index (χ1v) is 4.97. The van der Waals surface area contributed by atoms with Crippen molar-refractivity contribution in [2.24, 2.45) is 0 Å². The molecule has 2 heterocycles. The fourth-order valence-electron chi connectivity index (χ4n) is 1.29. The Balaban J connectivity index is 1.80. The van der Waals surface area contributed by atoms with E-state index in [0.29, 0.717) is 6.54 Å². The molecule has 2 aromatic rings. The van der Waals surface area contributed by atoms with Gasteiger partial charge in [0.15, 0.2) is 0 Å². The van der Waals surface area contributed by atoms with Crippen LogP contribution in [0.3, 0.4) is 0 Å². The molecular weight excluding hydrogens is 204 g/mol. The molecule has 5 heteroatoms. The van der Waals surface area contributed by atoms with E-state index in [1.807, 2.05) is 18.2 Å². The topological polar surface area (TPSA) is 59.8 Å². The van der Waals surface area contributed by atoms with Crippen molar-refractivity contribution in [1.82, 2.24) is 19.9 Å². The summed E-state index contributed by atoms with van der Waals surface area (Å²) in [6.45, 7) is 0.737. The van der Waals surface area contributed by atoms with Gasteiger partial charge in [0.1, 0.15) is 6.54 Å². The number of nitrogens with zero attached hydrogens (tertiary/aromatic N) is 3. The number of pyridine rings is 1. The number of nitrogens with one attached hydrogen (secondary N) is 1. The number of imidazole rings is 1. The van der Waals surface area contributed by atoms with Gasteiger partial charge in [-0.15, -0.1) is 0 Å². The summed E-state index contributed by atoms with van der Waals surface area (Å²) in [4.78, 5) is 19.5. The summed E-state index contributed by atoms with van der Waals surface area (Å²) in [6.07, 6.45) is 6.71. The molecule has 16 heavy (non-hydrogen) atoms. The third-order valence-electron chi connectivity index (χ3n) is 2.08. The van der Waals surface area contributed by atoms with E-state index < -0.39 is 0 Å². The first kappa shape index (κ1) is 10.4. The van der Waals surface area contributed by atoms with E-state index in [-0.39, 0.29) is 12.5 Å². The van der Waals surface area contributed by atoms with Gasteiger partial charge < -0.3 is 9.88 Å². The minimum atomic E-state index is -0.0522. The molecule has 0 saturated heterocycles. The van der Waals surface area contributed by atoms with Crippen LogP contribution in [0.25, 0.3) is 0 Å². The lowest BCUT2D eigenvalue weighted by atomic mass is 10.3. The van der Waals surface area contributed by atoms with Crippen molar-refractivity contribution in [2.75, 3.05) is 0 Å². The lowest BCUT2D eigenvalue weighted by Crippen LogP contribution is -2.26. The fraction of sp³-hybridized carbons (Fsp3) is 0.182. The lowest BCUT2D eigenvalue weighted by molar-refractivity contribution is -0.121. The summed E-state index contributed by atoms with van der Waals surface area (Å²) < 4.78 is 1.72. The standard InChI is InChI=1S/C11H12N4O/c16-11(8-15-6-5-12-9-15)14-7-10-3-1-2-4-13-10/h1-6,9H,7-8H2,(H,14,16). The van der Waals surface area contributed by atoms with E-state index in [4.69, 9.17) is 0 Å². The van der Waals surface area contributed by atoms with Crippen LogP contribution < -0.4 is 5.32 Å². The molecule has 0 aromatic carbocycles. The molecule has 0 unspecified atom stereocenters. The SMILES string of the molecule is O=C(Cn1ccnc1)NCc1ccccn1. The maximum absolute atomic E-state index is 11.5. The van der Waals surface area contributed by atoms with Crippen LogP contribution in [0.5, 0.6) is 0 Å².